The number of rotatable bonds is 8. The molecule has 2 aliphatic rings. The molecule has 0 atom stereocenters. The smallest absolute Gasteiger partial charge is 0.252 e. The second-order valence-electron chi connectivity index (χ2n) is 32.8. The Morgan fingerprint density at radius 3 is 1.16 bits per heavy atom. The zero-order valence-electron chi connectivity index (χ0n) is 67.3. The van der Waals surface area contributed by atoms with Crippen molar-refractivity contribution in [3.05, 3.63) is 332 Å². The number of benzene rings is 15. The second kappa shape index (κ2) is 24.3. The van der Waals surface area contributed by atoms with Crippen LogP contribution in [0.25, 0.3) is 140 Å². The Balaban J connectivity index is 0.957. The summed E-state index contributed by atoms with van der Waals surface area (Å²) in [6.07, 6.45) is 0. The molecule has 522 valence electrons. The molecule has 2 aliphatic heterocycles. The van der Waals surface area contributed by atoms with Gasteiger partial charge in [-0.2, -0.15) is 0 Å². The summed E-state index contributed by atoms with van der Waals surface area (Å²) in [7, 11) is 0. The van der Waals surface area contributed by atoms with Gasteiger partial charge in [0.2, 0.25) is 0 Å². The van der Waals surface area contributed by atoms with Crippen molar-refractivity contribution in [3.63, 3.8) is 0 Å². The molecule has 4 nitrogen and oxygen atoms in total. The summed E-state index contributed by atoms with van der Waals surface area (Å²) in [6, 6.07) is 105. The van der Waals surface area contributed by atoms with E-state index in [1.807, 2.05) is 28.7 Å². The lowest BCUT2D eigenvalue weighted by molar-refractivity contribution is 0.569. The van der Waals surface area contributed by atoms with Gasteiger partial charge in [-0.1, -0.05) is 281 Å². The summed E-state index contributed by atoms with van der Waals surface area (Å²) in [4.78, 5) is 5.22. The highest BCUT2D eigenvalue weighted by atomic mass is 32.1. The van der Waals surface area contributed by atoms with E-state index in [4.69, 9.17) is 1.37 Å². The van der Waals surface area contributed by atoms with Crippen LogP contribution in [0.15, 0.2) is 315 Å². The van der Waals surface area contributed by atoms with E-state index in [1.165, 1.54) is 51.5 Å². The van der Waals surface area contributed by atoms with Crippen molar-refractivity contribution >= 4 is 164 Å². The fraction of sp³-hybridized carbons (Fsp3) is 0.118. The molecule has 0 N–H and O–H groups in total. The molecule has 0 fully saturated rings. The SMILES string of the molecule is [2H]c1c([2H])c([2H])c(-c2ccc3c(c2)B2c4ccc(-c5cc(C(C)(C)C)cc(C(C)(C)C)c5)cc4N(c4c(-c5ccc6sc7ccccc7c6c5)cccc4-n4c5ccccc5c5ccccc54)c4cc(C(C)(C)C)cc(c42)N3c2c(-c3ccc4sc5ccccc5c4c3)cccc2-n2c3ccccc3c3ccccc32)c([2H])c1[2H]. The lowest BCUT2D eigenvalue weighted by atomic mass is 9.33. The van der Waals surface area contributed by atoms with E-state index in [-0.39, 0.29) is 40.6 Å². The van der Waals surface area contributed by atoms with Gasteiger partial charge >= 0.3 is 0 Å². The average molecular weight is 1440 g/mol. The van der Waals surface area contributed by atoms with Crippen LogP contribution in [0.1, 0.15) is 85.9 Å². The van der Waals surface area contributed by atoms with Crippen LogP contribution in [0.5, 0.6) is 0 Å². The Kier molecular flexibility index (Phi) is 13.4. The van der Waals surface area contributed by atoms with Gasteiger partial charge in [0.15, 0.2) is 0 Å². The molecule has 109 heavy (non-hydrogen) atoms. The lowest BCUT2D eigenvalue weighted by Crippen LogP contribution is -2.61. The van der Waals surface area contributed by atoms with Crippen molar-refractivity contribution in [1.29, 1.82) is 0 Å². The van der Waals surface area contributed by atoms with Gasteiger partial charge in [0, 0.05) is 95.8 Å². The third-order valence-electron chi connectivity index (χ3n) is 23.2. The normalized spacial score (nSPS) is 13.8. The number of nitrogens with zero attached hydrogens (tertiary/aromatic N) is 4. The maximum atomic E-state index is 9.79. The van der Waals surface area contributed by atoms with Gasteiger partial charge < -0.3 is 18.9 Å². The van der Waals surface area contributed by atoms with Gasteiger partial charge in [0.25, 0.3) is 6.71 Å². The van der Waals surface area contributed by atoms with Crippen LogP contribution < -0.4 is 26.2 Å². The predicted octanol–water partition coefficient (Wildman–Crippen LogP) is 27.3. The molecule has 0 bridgehead atoms. The number of hydrogen-bond donors (Lipinski definition) is 0. The van der Waals surface area contributed by atoms with E-state index in [0.717, 1.165) is 144 Å². The molecule has 7 heteroatoms. The molecule has 0 saturated carbocycles. The molecule has 0 unspecified atom stereocenters. The van der Waals surface area contributed by atoms with Crippen molar-refractivity contribution < 1.29 is 6.85 Å². The van der Waals surface area contributed by atoms with E-state index >= 15 is 0 Å². The summed E-state index contributed by atoms with van der Waals surface area (Å²) < 4.78 is 56.9. The molecule has 19 aromatic rings. The minimum Gasteiger partial charge on any atom is -0.309 e. The molecule has 0 spiro atoms. The quantitative estimate of drug-likeness (QED) is 0.141. The molecule has 4 aromatic heterocycles. The first kappa shape index (κ1) is 60.1. The van der Waals surface area contributed by atoms with E-state index in [9.17, 15) is 5.48 Å². The van der Waals surface area contributed by atoms with Gasteiger partial charge in [-0.15, -0.1) is 22.7 Å². The van der Waals surface area contributed by atoms with Crippen LogP contribution >= 0.6 is 22.7 Å². The molecule has 0 saturated heterocycles. The highest BCUT2D eigenvalue weighted by molar-refractivity contribution is 7.26. The first-order valence-corrected chi connectivity index (χ1v) is 39.5. The van der Waals surface area contributed by atoms with Crippen molar-refractivity contribution in [2.75, 3.05) is 9.80 Å². The van der Waals surface area contributed by atoms with E-state index in [1.54, 1.807) is 0 Å². The number of fused-ring (bicyclic) bond motifs is 16. The minimum absolute atomic E-state index is 0.147. The molecule has 0 amide bonds. The van der Waals surface area contributed by atoms with Crippen molar-refractivity contribution in [2.24, 2.45) is 0 Å². The van der Waals surface area contributed by atoms with Crippen LogP contribution in [0.4, 0.5) is 34.1 Å². The Labute approximate surface area is 651 Å². The van der Waals surface area contributed by atoms with Gasteiger partial charge in [0.1, 0.15) is 0 Å². The lowest BCUT2D eigenvalue weighted by Gasteiger charge is -2.46. The predicted molar refractivity (Wildman–Crippen MR) is 473 cm³/mol. The largest absolute Gasteiger partial charge is 0.309 e. The number of para-hydroxylation sites is 6. The third kappa shape index (κ3) is 10.2. The molecule has 0 aliphatic carbocycles. The van der Waals surface area contributed by atoms with Gasteiger partial charge in [-0.05, 0) is 180 Å². The van der Waals surface area contributed by atoms with Gasteiger partial charge in [-0.3, -0.25) is 0 Å². The Hall–Kier alpha value is -12.0. The fourth-order valence-corrected chi connectivity index (χ4v) is 20.0. The van der Waals surface area contributed by atoms with Crippen molar-refractivity contribution in [2.45, 2.75) is 78.6 Å². The van der Waals surface area contributed by atoms with Crippen LogP contribution in [0.3, 0.4) is 0 Å². The number of anilines is 6. The minimum atomic E-state index is -0.527. The van der Waals surface area contributed by atoms with Crippen LogP contribution in [0.2, 0.25) is 0 Å². The molecule has 6 heterocycles. The summed E-state index contributed by atoms with van der Waals surface area (Å²) in [5, 5.41) is 9.41. The highest BCUT2D eigenvalue weighted by Gasteiger charge is 2.47. The van der Waals surface area contributed by atoms with Crippen molar-refractivity contribution in [3.8, 4) is 55.9 Å². The monoisotopic (exact) mass is 1440 g/mol. The topological polar surface area (TPSA) is 16.3 Å². The average Bonchev–Trinajstić information content (AvgIpc) is 0.751. The Morgan fingerprint density at radius 1 is 0.275 bits per heavy atom. The fourth-order valence-electron chi connectivity index (χ4n) is 17.8. The molecular formula is C102H79BN4S2. The van der Waals surface area contributed by atoms with Crippen LogP contribution in [0, 0.1) is 0 Å². The van der Waals surface area contributed by atoms with E-state index < -0.39 is 18.2 Å². The number of hydrogen-bond acceptors (Lipinski definition) is 4. The summed E-state index contributed by atoms with van der Waals surface area (Å²) >= 11 is 3.65. The molecule has 0 radical (unpaired) electrons. The maximum Gasteiger partial charge on any atom is 0.252 e. The zero-order valence-corrected chi connectivity index (χ0v) is 64.0. The first-order valence-electron chi connectivity index (χ1n) is 40.4. The van der Waals surface area contributed by atoms with E-state index in [2.05, 4.69) is 360 Å². The Bertz CT molecular complexity index is 7190. The third-order valence-corrected chi connectivity index (χ3v) is 25.5. The van der Waals surface area contributed by atoms with Gasteiger partial charge in [-0.25, -0.2) is 0 Å². The summed E-state index contributed by atoms with van der Waals surface area (Å²) in [6.45, 7) is 20.4. The van der Waals surface area contributed by atoms with Crippen LogP contribution in [-0.4, -0.2) is 15.8 Å². The van der Waals surface area contributed by atoms with Crippen molar-refractivity contribution in [1.82, 2.24) is 9.13 Å². The van der Waals surface area contributed by atoms with Gasteiger partial charge in [0.05, 0.1) is 51.7 Å². The second-order valence-corrected chi connectivity index (χ2v) is 35.0. The highest BCUT2D eigenvalue weighted by Crippen LogP contribution is 2.55. The number of aromatic nitrogens is 2. The van der Waals surface area contributed by atoms with E-state index in [0.29, 0.717) is 5.56 Å². The summed E-state index contributed by atoms with van der Waals surface area (Å²) in [5.41, 5.74) is 25.0. The maximum absolute atomic E-state index is 9.79. The number of thiophene rings is 2. The first-order chi connectivity index (χ1) is 55.0. The standard InChI is InChI=1S/C102H79BN4S2/c1-100(2,3)68-53-67(54-69(59-68)101(4,5)6)64-45-49-81-90(58-64)107(99-72(66-48-52-96-80(56-66)78-34-18-24-44-94(78)109-96)36-26-42-89(99)105-85-39-21-15-31-75(85)76-32-16-22-40-86(76)105)92-61-70(102(7,8)9)60-91-97(92)103(81)82-57-63(62-27-11-10-12-28-62)46-50-87(82)106(91)98-71(65-47-51-95-79(55-65)77-33-17-23-43-93(77)108-95)35-25-41-88(98)104-83-37-19-13-29-73(83)74-30-14-20-38-84(74)104/h10-61H,1-9H3/i10D,11D,12D,27D,28D. The Morgan fingerprint density at radius 2 is 0.679 bits per heavy atom. The molecule has 15 aromatic carbocycles. The molecule has 21 rings (SSSR count). The van der Waals surface area contributed by atoms with Crippen LogP contribution in [-0.2, 0) is 16.2 Å². The summed E-state index contributed by atoms with van der Waals surface area (Å²) in [5.74, 6) is 0. The zero-order chi connectivity index (χ0) is 77.9. The molecular weight excluding hydrogens is 1360 g/mol.